The number of aliphatic hydroxyl groups excluding tert-OH is 3. The zero-order chi connectivity index (χ0) is 20.9. The molecule has 1 aliphatic heterocycles. The summed E-state index contributed by atoms with van der Waals surface area (Å²) in [6.07, 6.45) is -3.25. The van der Waals surface area contributed by atoms with Gasteiger partial charge in [-0.1, -0.05) is 55.7 Å². The highest BCUT2D eigenvalue weighted by Crippen LogP contribution is 2.29. The highest BCUT2D eigenvalue weighted by molar-refractivity contribution is 6.80. The van der Waals surface area contributed by atoms with Crippen molar-refractivity contribution in [2.75, 3.05) is 0 Å². The molecule has 0 spiro atoms. The molecule has 0 bridgehead atoms. The van der Waals surface area contributed by atoms with Crippen LogP contribution in [0, 0.1) is 0 Å². The van der Waals surface area contributed by atoms with Gasteiger partial charge in [-0.3, -0.25) is 0 Å². The molecule has 3 N–H and O–H groups in total. The Bertz CT molecular complexity index is 684. The number of esters is 1. The van der Waals surface area contributed by atoms with Gasteiger partial charge in [0.25, 0.3) is 0 Å². The molecule has 1 aromatic carbocycles. The number of ether oxygens (including phenoxy) is 2. The third-order valence-corrected chi connectivity index (χ3v) is 5.70. The summed E-state index contributed by atoms with van der Waals surface area (Å²) in [7, 11) is -1.55. The van der Waals surface area contributed by atoms with Crippen molar-refractivity contribution in [3.8, 4) is 0 Å². The van der Waals surface area contributed by atoms with Crippen molar-refractivity contribution in [3.63, 3.8) is 0 Å². The van der Waals surface area contributed by atoms with E-state index in [0.717, 1.165) is 0 Å². The average molecular weight is 407 g/mol. The van der Waals surface area contributed by atoms with Crippen molar-refractivity contribution in [1.29, 1.82) is 0 Å². The number of carbonyl (C=O) groups excluding carboxylic acids is 1. The largest absolute Gasteiger partial charge is 0.453 e. The fourth-order valence-electron chi connectivity index (χ4n) is 3.01. The van der Waals surface area contributed by atoms with Gasteiger partial charge in [-0.25, -0.2) is 4.79 Å². The van der Waals surface area contributed by atoms with Crippen LogP contribution in [-0.2, 0) is 9.47 Å². The summed E-state index contributed by atoms with van der Waals surface area (Å²) in [6, 6.07) is 8.39. The second-order valence-corrected chi connectivity index (χ2v) is 13.2. The van der Waals surface area contributed by atoms with Crippen molar-refractivity contribution >= 4 is 14.0 Å². The SMILES string of the molecule is C=CCC1O[C@@H](C(O)/C=C/[Si](C)(C)C)[C@@H](O)C(O)C1OC(=O)c1ccccc1. The zero-order valence-electron chi connectivity index (χ0n) is 16.6. The molecule has 28 heavy (non-hydrogen) atoms. The summed E-state index contributed by atoms with van der Waals surface area (Å²) in [5, 5.41) is 31.6. The molecular formula is C21H30O6Si. The first-order valence-electron chi connectivity index (χ1n) is 9.40. The van der Waals surface area contributed by atoms with Crippen LogP contribution in [0.2, 0.25) is 19.6 Å². The van der Waals surface area contributed by atoms with E-state index < -0.39 is 50.7 Å². The Hall–Kier alpha value is -1.77. The van der Waals surface area contributed by atoms with Crippen LogP contribution in [-0.4, -0.2) is 66.0 Å². The van der Waals surface area contributed by atoms with Crippen LogP contribution in [0.1, 0.15) is 16.8 Å². The highest BCUT2D eigenvalue weighted by atomic mass is 28.3. The molecule has 6 atom stereocenters. The molecule has 0 saturated carbocycles. The predicted octanol–water partition coefficient (Wildman–Crippen LogP) is 2.07. The van der Waals surface area contributed by atoms with Crippen molar-refractivity contribution in [1.82, 2.24) is 0 Å². The Morgan fingerprint density at radius 1 is 1.25 bits per heavy atom. The lowest BCUT2D eigenvalue weighted by atomic mass is 9.90. The number of hydrogen-bond acceptors (Lipinski definition) is 6. The molecule has 1 aromatic rings. The Labute approximate surface area is 167 Å². The van der Waals surface area contributed by atoms with Crippen LogP contribution in [0.25, 0.3) is 0 Å². The van der Waals surface area contributed by atoms with Crippen LogP contribution in [0.4, 0.5) is 0 Å². The Morgan fingerprint density at radius 3 is 2.46 bits per heavy atom. The van der Waals surface area contributed by atoms with Crippen LogP contribution >= 0.6 is 0 Å². The van der Waals surface area contributed by atoms with E-state index in [-0.39, 0.29) is 6.42 Å². The molecular weight excluding hydrogens is 376 g/mol. The fourth-order valence-corrected chi connectivity index (χ4v) is 3.79. The topological polar surface area (TPSA) is 96.2 Å². The molecule has 0 aromatic heterocycles. The molecule has 1 fully saturated rings. The van der Waals surface area contributed by atoms with Crippen molar-refractivity contribution < 1.29 is 29.6 Å². The van der Waals surface area contributed by atoms with Crippen LogP contribution < -0.4 is 0 Å². The first kappa shape index (κ1) is 22.5. The van der Waals surface area contributed by atoms with E-state index in [2.05, 4.69) is 26.2 Å². The van der Waals surface area contributed by atoms with Crippen molar-refractivity contribution in [3.05, 3.63) is 60.3 Å². The normalized spacial score (nSPS) is 29.4. The van der Waals surface area contributed by atoms with E-state index in [1.54, 1.807) is 42.5 Å². The summed E-state index contributed by atoms with van der Waals surface area (Å²) in [6.45, 7) is 10.0. The van der Waals surface area contributed by atoms with E-state index >= 15 is 0 Å². The molecule has 0 aliphatic carbocycles. The summed E-state index contributed by atoms with van der Waals surface area (Å²) < 4.78 is 11.3. The van der Waals surface area contributed by atoms with Crippen molar-refractivity contribution in [2.24, 2.45) is 0 Å². The quantitative estimate of drug-likeness (QED) is 0.364. The molecule has 7 heteroatoms. The maximum atomic E-state index is 12.4. The molecule has 1 aliphatic rings. The van der Waals surface area contributed by atoms with Gasteiger partial charge < -0.3 is 24.8 Å². The van der Waals surface area contributed by atoms with E-state index in [1.807, 2.05) is 5.70 Å². The Morgan fingerprint density at radius 2 is 1.89 bits per heavy atom. The summed E-state index contributed by atoms with van der Waals surface area (Å²) >= 11 is 0. The van der Waals surface area contributed by atoms with Gasteiger partial charge in [-0.15, -0.1) is 6.58 Å². The number of benzene rings is 1. The van der Waals surface area contributed by atoms with E-state index in [9.17, 15) is 20.1 Å². The third-order valence-electron chi connectivity index (χ3n) is 4.50. The van der Waals surface area contributed by atoms with Crippen LogP contribution in [0.5, 0.6) is 0 Å². The van der Waals surface area contributed by atoms with Crippen LogP contribution in [0.15, 0.2) is 54.8 Å². The standard InChI is InChI=1S/C21H30O6Si/c1-5-9-16-20(27-21(25)14-10-7-6-8-11-14)18(24)17(23)19(26-16)15(22)12-13-28(2,3)4/h5-8,10-13,15-20,22-24H,1,9H2,2-4H3/b13-12+/t15?,16?,17-,18?,19-,20?/m0/s1. The summed E-state index contributed by atoms with van der Waals surface area (Å²) in [4.78, 5) is 12.4. The maximum Gasteiger partial charge on any atom is 0.338 e. The number of carbonyl (C=O) groups is 1. The second-order valence-electron chi connectivity index (χ2n) is 8.10. The zero-order valence-corrected chi connectivity index (χ0v) is 17.6. The number of rotatable bonds is 7. The highest BCUT2D eigenvalue weighted by Gasteiger charge is 2.48. The fraction of sp³-hybridized carbons (Fsp3) is 0.476. The van der Waals surface area contributed by atoms with E-state index in [0.29, 0.717) is 5.56 Å². The molecule has 6 nitrogen and oxygen atoms in total. The number of hydrogen-bond donors (Lipinski definition) is 3. The summed E-state index contributed by atoms with van der Waals surface area (Å²) in [5.74, 6) is -0.618. The van der Waals surface area contributed by atoms with Crippen molar-refractivity contribution in [2.45, 2.75) is 62.7 Å². The lowest BCUT2D eigenvalue weighted by Gasteiger charge is -2.43. The molecule has 154 valence electrons. The average Bonchev–Trinajstić information content (AvgIpc) is 2.65. The van der Waals surface area contributed by atoms with Gasteiger partial charge in [-0.05, 0) is 18.6 Å². The lowest BCUT2D eigenvalue weighted by molar-refractivity contribution is -0.236. The molecule has 1 saturated heterocycles. The number of aliphatic hydroxyl groups is 3. The first-order chi connectivity index (χ1) is 13.1. The smallest absolute Gasteiger partial charge is 0.338 e. The van der Waals surface area contributed by atoms with E-state index in [4.69, 9.17) is 9.47 Å². The predicted molar refractivity (Wildman–Crippen MR) is 110 cm³/mol. The van der Waals surface area contributed by atoms with E-state index in [1.165, 1.54) is 0 Å². The third kappa shape index (κ3) is 5.86. The molecule has 0 amide bonds. The minimum Gasteiger partial charge on any atom is -0.453 e. The van der Waals surface area contributed by atoms with Gasteiger partial charge in [0.1, 0.15) is 30.5 Å². The van der Waals surface area contributed by atoms with Gasteiger partial charge in [-0.2, -0.15) is 0 Å². The Kier molecular flexibility index (Phi) is 7.74. The second kappa shape index (κ2) is 9.62. The van der Waals surface area contributed by atoms with Gasteiger partial charge in [0.15, 0.2) is 6.10 Å². The molecule has 4 unspecified atom stereocenters. The van der Waals surface area contributed by atoms with Crippen LogP contribution in [0.3, 0.4) is 0 Å². The monoisotopic (exact) mass is 406 g/mol. The molecule has 0 radical (unpaired) electrons. The maximum absolute atomic E-state index is 12.4. The minimum atomic E-state index is -1.55. The molecule has 2 rings (SSSR count). The summed E-state index contributed by atoms with van der Waals surface area (Å²) in [5.41, 5.74) is 2.28. The minimum absolute atomic E-state index is 0.289. The lowest BCUT2D eigenvalue weighted by Crippen LogP contribution is -2.61. The molecule has 1 heterocycles. The first-order valence-corrected chi connectivity index (χ1v) is 13.0. The van der Waals surface area contributed by atoms with Gasteiger partial charge in [0, 0.05) is 0 Å². The van der Waals surface area contributed by atoms with Gasteiger partial charge in [0.2, 0.25) is 0 Å². The van der Waals surface area contributed by atoms with Gasteiger partial charge in [0.05, 0.1) is 13.6 Å². The van der Waals surface area contributed by atoms with Gasteiger partial charge >= 0.3 is 5.97 Å². The Balaban J connectivity index is 2.17.